The van der Waals surface area contributed by atoms with E-state index in [9.17, 15) is 5.11 Å². The molecule has 98 valence electrons. The van der Waals surface area contributed by atoms with Crippen LogP contribution in [0.25, 0.3) is 0 Å². The van der Waals surface area contributed by atoms with Gasteiger partial charge in [0.2, 0.25) is 0 Å². The monoisotopic (exact) mass is 248 g/mol. The van der Waals surface area contributed by atoms with E-state index in [2.05, 4.69) is 6.92 Å². The van der Waals surface area contributed by atoms with Crippen molar-refractivity contribution in [1.82, 2.24) is 0 Å². The van der Waals surface area contributed by atoms with Crippen LogP contribution in [-0.4, -0.2) is 25.4 Å². The lowest BCUT2D eigenvalue weighted by molar-refractivity contribution is 0.0297. The summed E-state index contributed by atoms with van der Waals surface area (Å²) in [7, 11) is 3.41. The summed E-state index contributed by atoms with van der Waals surface area (Å²) in [5, 5.41) is 10.4. The van der Waals surface area contributed by atoms with Crippen molar-refractivity contribution in [2.75, 3.05) is 14.2 Å². The van der Waals surface area contributed by atoms with E-state index < -0.39 is 0 Å². The third-order valence-electron chi connectivity index (χ3n) is 4.76. The fourth-order valence-corrected chi connectivity index (χ4v) is 3.84. The minimum absolute atomic E-state index is 0.199. The average molecular weight is 248 g/mol. The molecule has 1 aromatic carbocycles. The van der Waals surface area contributed by atoms with Crippen molar-refractivity contribution in [3.63, 3.8) is 0 Å². The number of aliphatic hydroxyl groups is 1. The SMILES string of the molecule is COc1ccc(OC)c2c1[C@H]1CC[C@H]2[C@H](O)[C@@H]1C. The minimum atomic E-state index is -0.253. The summed E-state index contributed by atoms with van der Waals surface area (Å²) in [5.74, 6) is 2.73. The molecule has 3 aliphatic carbocycles. The third kappa shape index (κ3) is 1.40. The molecule has 3 nitrogen and oxygen atoms in total. The normalized spacial score (nSPS) is 33.1. The Kier molecular flexibility index (Phi) is 2.74. The van der Waals surface area contributed by atoms with Crippen LogP contribution in [-0.2, 0) is 0 Å². The molecular weight excluding hydrogens is 228 g/mol. The molecule has 0 amide bonds. The standard InChI is InChI=1S/C15H20O3/c1-8-9-4-5-10(15(8)16)14-12(18-3)7-6-11(17-2)13(9)14/h6-10,15-16H,4-5H2,1-3H3/t8-,9+,10-,15-/m1/s1. The van der Waals surface area contributed by atoms with Crippen LogP contribution in [0.3, 0.4) is 0 Å². The molecule has 18 heavy (non-hydrogen) atoms. The zero-order chi connectivity index (χ0) is 12.9. The van der Waals surface area contributed by atoms with Crippen LogP contribution < -0.4 is 9.47 Å². The second-order valence-electron chi connectivity index (χ2n) is 5.44. The predicted molar refractivity (Wildman–Crippen MR) is 69.4 cm³/mol. The highest BCUT2D eigenvalue weighted by atomic mass is 16.5. The van der Waals surface area contributed by atoms with Crippen molar-refractivity contribution in [2.45, 2.75) is 37.7 Å². The first-order valence-electron chi connectivity index (χ1n) is 6.61. The molecule has 3 heteroatoms. The van der Waals surface area contributed by atoms with Crippen molar-refractivity contribution >= 4 is 0 Å². The first-order chi connectivity index (χ1) is 8.69. The van der Waals surface area contributed by atoms with Crippen LogP contribution >= 0.6 is 0 Å². The summed E-state index contributed by atoms with van der Waals surface area (Å²) in [6, 6.07) is 3.94. The minimum Gasteiger partial charge on any atom is -0.496 e. The van der Waals surface area contributed by atoms with E-state index in [4.69, 9.17) is 9.47 Å². The van der Waals surface area contributed by atoms with E-state index in [-0.39, 0.29) is 12.0 Å². The highest BCUT2D eigenvalue weighted by Gasteiger charge is 2.46. The Morgan fingerprint density at radius 3 is 2.06 bits per heavy atom. The largest absolute Gasteiger partial charge is 0.496 e. The van der Waals surface area contributed by atoms with E-state index in [0.717, 1.165) is 24.3 Å². The quantitative estimate of drug-likeness (QED) is 0.874. The molecule has 0 heterocycles. The van der Waals surface area contributed by atoms with Crippen LogP contribution in [0.4, 0.5) is 0 Å². The predicted octanol–water partition coefficient (Wildman–Crippen LogP) is 2.68. The fraction of sp³-hybridized carbons (Fsp3) is 0.600. The van der Waals surface area contributed by atoms with Crippen LogP contribution in [0, 0.1) is 5.92 Å². The lowest BCUT2D eigenvalue weighted by atomic mass is 9.60. The molecule has 0 radical (unpaired) electrons. The van der Waals surface area contributed by atoms with Gasteiger partial charge in [0.1, 0.15) is 11.5 Å². The molecule has 3 aliphatic rings. The summed E-state index contributed by atoms with van der Waals surface area (Å²) in [6.45, 7) is 2.14. The molecule has 0 saturated heterocycles. The van der Waals surface area contributed by atoms with E-state index in [1.807, 2.05) is 12.1 Å². The summed E-state index contributed by atoms with van der Waals surface area (Å²) >= 11 is 0. The first kappa shape index (κ1) is 11.8. The van der Waals surface area contributed by atoms with Gasteiger partial charge in [-0.15, -0.1) is 0 Å². The summed E-state index contributed by atoms with van der Waals surface area (Å²) in [5.41, 5.74) is 2.45. The zero-order valence-electron chi connectivity index (χ0n) is 11.1. The fourth-order valence-electron chi connectivity index (χ4n) is 3.84. The summed E-state index contributed by atoms with van der Waals surface area (Å²) in [4.78, 5) is 0. The summed E-state index contributed by atoms with van der Waals surface area (Å²) < 4.78 is 11.0. The van der Waals surface area contributed by atoms with Gasteiger partial charge in [-0.25, -0.2) is 0 Å². The molecule has 4 rings (SSSR count). The van der Waals surface area contributed by atoms with Gasteiger partial charge >= 0.3 is 0 Å². The zero-order valence-corrected chi connectivity index (χ0v) is 11.1. The van der Waals surface area contributed by atoms with Gasteiger partial charge in [0.05, 0.1) is 20.3 Å². The Labute approximate surface area is 108 Å². The van der Waals surface area contributed by atoms with E-state index in [0.29, 0.717) is 11.8 Å². The molecule has 0 aromatic heterocycles. The molecule has 4 atom stereocenters. The molecule has 1 saturated carbocycles. The lowest BCUT2D eigenvalue weighted by Crippen LogP contribution is -2.41. The Bertz CT molecular complexity index is 426. The van der Waals surface area contributed by atoms with Gasteiger partial charge < -0.3 is 14.6 Å². The van der Waals surface area contributed by atoms with E-state index >= 15 is 0 Å². The Morgan fingerprint density at radius 2 is 1.50 bits per heavy atom. The Balaban J connectivity index is 2.24. The number of rotatable bonds is 2. The van der Waals surface area contributed by atoms with Crippen LogP contribution in [0.1, 0.15) is 42.7 Å². The molecule has 1 aromatic rings. The third-order valence-corrected chi connectivity index (χ3v) is 4.76. The van der Waals surface area contributed by atoms with Gasteiger partial charge in [0.15, 0.2) is 0 Å². The van der Waals surface area contributed by atoms with E-state index in [1.54, 1.807) is 14.2 Å². The van der Waals surface area contributed by atoms with Crippen molar-refractivity contribution < 1.29 is 14.6 Å². The van der Waals surface area contributed by atoms with Crippen molar-refractivity contribution in [1.29, 1.82) is 0 Å². The topological polar surface area (TPSA) is 38.7 Å². The van der Waals surface area contributed by atoms with Crippen LogP contribution in [0.5, 0.6) is 11.5 Å². The summed E-state index contributed by atoms with van der Waals surface area (Å²) in [6.07, 6.45) is 1.93. The average Bonchev–Trinajstić information content (AvgIpc) is 2.42. The lowest BCUT2D eigenvalue weighted by Gasteiger charge is -2.47. The Morgan fingerprint density at radius 1 is 1.00 bits per heavy atom. The maximum Gasteiger partial charge on any atom is 0.122 e. The molecular formula is C15H20O3. The Hall–Kier alpha value is -1.22. The first-order valence-corrected chi connectivity index (χ1v) is 6.61. The van der Waals surface area contributed by atoms with Gasteiger partial charge in [-0.3, -0.25) is 0 Å². The van der Waals surface area contributed by atoms with Gasteiger partial charge in [-0.1, -0.05) is 6.92 Å². The highest BCUT2D eigenvalue weighted by molar-refractivity contribution is 5.56. The van der Waals surface area contributed by atoms with Crippen LogP contribution in [0.2, 0.25) is 0 Å². The van der Waals surface area contributed by atoms with Gasteiger partial charge in [-0.05, 0) is 36.8 Å². The van der Waals surface area contributed by atoms with Crippen molar-refractivity contribution in [3.8, 4) is 11.5 Å². The van der Waals surface area contributed by atoms with Crippen molar-refractivity contribution in [3.05, 3.63) is 23.3 Å². The van der Waals surface area contributed by atoms with Gasteiger partial charge in [0.25, 0.3) is 0 Å². The molecule has 0 unspecified atom stereocenters. The number of benzene rings is 1. The maximum atomic E-state index is 10.4. The van der Waals surface area contributed by atoms with Crippen molar-refractivity contribution in [2.24, 2.45) is 5.92 Å². The second-order valence-corrected chi connectivity index (χ2v) is 5.44. The molecule has 0 spiro atoms. The van der Waals surface area contributed by atoms with Gasteiger partial charge in [-0.2, -0.15) is 0 Å². The van der Waals surface area contributed by atoms with Crippen LogP contribution in [0.15, 0.2) is 12.1 Å². The highest BCUT2D eigenvalue weighted by Crippen LogP contribution is 2.57. The van der Waals surface area contributed by atoms with Gasteiger partial charge in [0, 0.05) is 17.0 Å². The second kappa shape index (κ2) is 4.16. The number of fused-ring (bicyclic) bond motifs is 2. The molecule has 2 bridgehead atoms. The van der Waals surface area contributed by atoms with E-state index in [1.165, 1.54) is 11.1 Å². The smallest absolute Gasteiger partial charge is 0.122 e. The molecule has 0 aliphatic heterocycles. The number of methoxy groups -OCH3 is 2. The number of aliphatic hydroxyl groups excluding tert-OH is 1. The number of hydrogen-bond acceptors (Lipinski definition) is 3. The number of ether oxygens (including phenoxy) is 2. The molecule has 1 N–H and O–H groups in total. The number of hydrogen-bond donors (Lipinski definition) is 1. The molecule has 1 fully saturated rings. The maximum absolute atomic E-state index is 10.4.